The maximum atomic E-state index is 6.04. The van der Waals surface area contributed by atoms with Gasteiger partial charge < -0.3 is 4.90 Å². The molecule has 2 aromatic rings. The Balaban J connectivity index is 1.57. The van der Waals surface area contributed by atoms with E-state index in [1.54, 1.807) is 0 Å². The molecular formula is C17H18ClNS. The fourth-order valence-corrected chi connectivity index (χ4v) is 4.34. The van der Waals surface area contributed by atoms with Crippen LogP contribution in [0.2, 0.25) is 5.02 Å². The summed E-state index contributed by atoms with van der Waals surface area (Å²) in [5.74, 6) is 0. The van der Waals surface area contributed by atoms with Gasteiger partial charge in [0.15, 0.2) is 0 Å². The smallest absolute Gasteiger partial charge is 0.0409 e. The summed E-state index contributed by atoms with van der Waals surface area (Å²) >= 11 is 8.05. The summed E-state index contributed by atoms with van der Waals surface area (Å²) in [7, 11) is 2.18. The second-order valence-corrected chi connectivity index (χ2v) is 7.16. The van der Waals surface area contributed by atoms with Crippen molar-refractivity contribution in [1.82, 2.24) is 4.90 Å². The molecule has 0 amide bonds. The Labute approximate surface area is 129 Å². The number of rotatable bonds is 4. The number of benzene rings is 2. The van der Waals surface area contributed by atoms with E-state index in [0.29, 0.717) is 5.25 Å². The van der Waals surface area contributed by atoms with Crippen molar-refractivity contribution in [2.45, 2.75) is 23.1 Å². The molecule has 3 heteroatoms. The van der Waals surface area contributed by atoms with Gasteiger partial charge in [-0.1, -0.05) is 41.9 Å². The topological polar surface area (TPSA) is 3.24 Å². The lowest BCUT2D eigenvalue weighted by atomic mass is 10.1. The van der Waals surface area contributed by atoms with E-state index < -0.39 is 0 Å². The van der Waals surface area contributed by atoms with Crippen molar-refractivity contribution in [3.05, 3.63) is 64.7 Å². The van der Waals surface area contributed by atoms with Crippen LogP contribution in [0.25, 0.3) is 0 Å². The quantitative estimate of drug-likeness (QED) is 0.819. The van der Waals surface area contributed by atoms with Crippen molar-refractivity contribution in [2.75, 3.05) is 13.6 Å². The van der Waals surface area contributed by atoms with E-state index in [1.807, 2.05) is 23.9 Å². The van der Waals surface area contributed by atoms with Crippen molar-refractivity contribution in [3.63, 3.8) is 0 Å². The summed E-state index contributed by atoms with van der Waals surface area (Å²) in [6.07, 6.45) is 1.18. The molecule has 0 spiro atoms. The van der Waals surface area contributed by atoms with Gasteiger partial charge in [0.1, 0.15) is 0 Å². The first-order chi connectivity index (χ1) is 9.70. The Bertz CT molecular complexity index is 574. The molecule has 20 heavy (non-hydrogen) atoms. The molecule has 1 aliphatic heterocycles. The number of nitrogens with zero attached hydrogens (tertiary/aromatic N) is 1. The average Bonchev–Trinajstić information content (AvgIpc) is 2.80. The fourth-order valence-electron chi connectivity index (χ4n) is 2.71. The van der Waals surface area contributed by atoms with Crippen molar-refractivity contribution in [3.8, 4) is 0 Å². The molecule has 0 N–H and O–H groups in total. The van der Waals surface area contributed by atoms with Gasteiger partial charge in [0.25, 0.3) is 0 Å². The first-order valence-corrected chi connectivity index (χ1v) is 8.14. The number of hydrogen-bond acceptors (Lipinski definition) is 2. The summed E-state index contributed by atoms with van der Waals surface area (Å²) in [6.45, 7) is 2.06. The molecule has 1 unspecified atom stereocenters. The molecule has 104 valence electrons. The lowest BCUT2D eigenvalue weighted by Gasteiger charge is -2.20. The Kier molecular flexibility index (Phi) is 4.35. The predicted molar refractivity (Wildman–Crippen MR) is 87.6 cm³/mol. The van der Waals surface area contributed by atoms with Crippen molar-refractivity contribution < 1.29 is 0 Å². The van der Waals surface area contributed by atoms with Gasteiger partial charge in [0.2, 0.25) is 0 Å². The van der Waals surface area contributed by atoms with Crippen molar-refractivity contribution in [2.24, 2.45) is 0 Å². The van der Waals surface area contributed by atoms with Crippen LogP contribution in [0, 0.1) is 0 Å². The molecule has 0 fully saturated rings. The molecule has 2 aromatic carbocycles. The standard InChI is InChI=1S/C17H18ClNS/c1-19(11-13-5-4-7-15(18)9-13)12-16-10-14-6-2-3-8-17(14)20-16/h2-9,16H,10-12H2,1H3. The third kappa shape index (κ3) is 3.38. The molecule has 1 aliphatic rings. The third-order valence-electron chi connectivity index (χ3n) is 3.57. The number of thioether (sulfide) groups is 1. The second-order valence-electron chi connectivity index (χ2n) is 5.38. The molecule has 0 saturated heterocycles. The van der Waals surface area contributed by atoms with E-state index >= 15 is 0 Å². The van der Waals surface area contributed by atoms with E-state index in [-0.39, 0.29) is 0 Å². The van der Waals surface area contributed by atoms with Crippen molar-refractivity contribution >= 4 is 23.4 Å². The van der Waals surface area contributed by atoms with E-state index in [1.165, 1.54) is 22.4 Å². The number of hydrogen-bond donors (Lipinski definition) is 0. The lowest BCUT2D eigenvalue weighted by Crippen LogP contribution is -2.26. The SMILES string of the molecule is CN(Cc1cccc(Cl)c1)CC1Cc2ccccc2S1. The lowest BCUT2D eigenvalue weighted by molar-refractivity contribution is 0.327. The summed E-state index contributed by atoms with van der Waals surface area (Å²) < 4.78 is 0. The fraction of sp³-hybridized carbons (Fsp3) is 0.294. The van der Waals surface area contributed by atoms with Crippen LogP contribution in [0.4, 0.5) is 0 Å². The monoisotopic (exact) mass is 303 g/mol. The molecule has 0 radical (unpaired) electrons. The Morgan fingerprint density at radius 3 is 2.85 bits per heavy atom. The van der Waals surface area contributed by atoms with Gasteiger partial charge >= 0.3 is 0 Å². The van der Waals surface area contributed by atoms with Crippen LogP contribution in [-0.4, -0.2) is 23.7 Å². The van der Waals surface area contributed by atoms with Gasteiger partial charge in [-0.25, -0.2) is 0 Å². The number of halogens is 1. The van der Waals surface area contributed by atoms with E-state index in [0.717, 1.165) is 18.1 Å². The van der Waals surface area contributed by atoms with Crippen LogP contribution >= 0.6 is 23.4 Å². The van der Waals surface area contributed by atoms with Crippen LogP contribution in [-0.2, 0) is 13.0 Å². The zero-order valence-electron chi connectivity index (χ0n) is 11.6. The van der Waals surface area contributed by atoms with E-state index in [9.17, 15) is 0 Å². The van der Waals surface area contributed by atoms with Crippen LogP contribution in [0.15, 0.2) is 53.4 Å². The van der Waals surface area contributed by atoms with Crippen LogP contribution < -0.4 is 0 Å². The molecule has 1 atom stereocenters. The molecular weight excluding hydrogens is 286 g/mol. The number of fused-ring (bicyclic) bond motifs is 1. The summed E-state index contributed by atoms with van der Waals surface area (Å²) in [6, 6.07) is 16.9. The van der Waals surface area contributed by atoms with Gasteiger partial charge in [0.05, 0.1) is 0 Å². The minimum absolute atomic E-state index is 0.664. The highest BCUT2D eigenvalue weighted by atomic mass is 35.5. The van der Waals surface area contributed by atoms with Gasteiger partial charge in [-0.2, -0.15) is 0 Å². The minimum Gasteiger partial charge on any atom is -0.301 e. The van der Waals surface area contributed by atoms with Crippen molar-refractivity contribution in [1.29, 1.82) is 0 Å². The molecule has 0 saturated carbocycles. The third-order valence-corrected chi connectivity index (χ3v) is 5.11. The molecule has 1 heterocycles. The molecule has 0 bridgehead atoms. The highest BCUT2D eigenvalue weighted by Gasteiger charge is 2.22. The van der Waals surface area contributed by atoms with Crippen LogP contribution in [0.1, 0.15) is 11.1 Å². The summed E-state index contributed by atoms with van der Waals surface area (Å²) in [4.78, 5) is 3.84. The zero-order valence-corrected chi connectivity index (χ0v) is 13.1. The maximum absolute atomic E-state index is 6.04. The molecule has 3 rings (SSSR count). The van der Waals surface area contributed by atoms with Crippen LogP contribution in [0.3, 0.4) is 0 Å². The largest absolute Gasteiger partial charge is 0.301 e. The van der Waals surface area contributed by atoms with Gasteiger partial charge in [-0.05, 0) is 42.8 Å². The van der Waals surface area contributed by atoms with Gasteiger partial charge in [-0.15, -0.1) is 11.8 Å². The summed E-state index contributed by atoms with van der Waals surface area (Å²) in [5.41, 5.74) is 2.78. The van der Waals surface area contributed by atoms with E-state index in [2.05, 4.69) is 48.3 Å². The van der Waals surface area contributed by atoms with Crippen LogP contribution in [0.5, 0.6) is 0 Å². The molecule has 0 aromatic heterocycles. The predicted octanol–water partition coefficient (Wildman–Crippen LogP) is 4.49. The van der Waals surface area contributed by atoms with Gasteiger partial charge in [-0.3, -0.25) is 0 Å². The summed E-state index contributed by atoms with van der Waals surface area (Å²) in [5, 5.41) is 1.48. The normalized spacial score (nSPS) is 17.4. The van der Waals surface area contributed by atoms with E-state index in [4.69, 9.17) is 11.6 Å². The first-order valence-electron chi connectivity index (χ1n) is 6.88. The Morgan fingerprint density at radius 1 is 1.20 bits per heavy atom. The minimum atomic E-state index is 0.664. The average molecular weight is 304 g/mol. The molecule has 0 aliphatic carbocycles. The van der Waals surface area contributed by atoms with Gasteiger partial charge in [0, 0.05) is 28.3 Å². The maximum Gasteiger partial charge on any atom is 0.0409 e. The zero-order chi connectivity index (χ0) is 13.9. The Hall–Kier alpha value is -0.960. The molecule has 1 nitrogen and oxygen atoms in total. The Morgan fingerprint density at radius 2 is 2.05 bits per heavy atom. The second kappa shape index (κ2) is 6.21. The highest BCUT2D eigenvalue weighted by molar-refractivity contribution is 8.00. The first kappa shape index (κ1) is 14.0. The highest BCUT2D eigenvalue weighted by Crippen LogP contribution is 2.37.